The van der Waals surface area contributed by atoms with Crippen LogP contribution in [0.15, 0.2) is 5.70 Å². The smallest absolute Gasteiger partial charge is 0.0713 e. The van der Waals surface area contributed by atoms with Crippen LogP contribution in [0.3, 0.4) is 0 Å². The molecule has 0 saturated carbocycles. The molecule has 1 unspecified atom stereocenters. The van der Waals surface area contributed by atoms with Crippen LogP contribution in [0.2, 0.25) is 0 Å². The van der Waals surface area contributed by atoms with Crippen molar-refractivity contribution in [1.29, 1.82) is 0 Å². The minimum Gasteiger partial charge on any atom is -0.490 e. The fraction of sp³-hybridized carbons (Fsp3) is 0.778. The van der Waals surface area contributed by atoms with Crippen LogP contribution in [0.1, 0.15) is 19.8 Å². The number of piperidine rings is 3. The maximum Gasteiger partial charge on any atom is 0.0713 e. The second kappa shape index (κ2) is 3.06. The zero-order chi connectivity index (χ0) is 8.06. The Balaban J connectivity index is 0.000000720. The minimum atomic E-state index is -0.726. The molecule has 3 saturated heterocycles. The van der Waals surface area contributed by atoms with Crippen molar-refractivity contribution >= 4 is 0 Å². The van der Waals surface area contributed by atoms with E-state index in [1.807, 2.05) is 6.92 Å². The number of nitrogens with zero attached hydrogens (tertiary/aromatic N) is 1. The van der Waals surface area contributed by atoms with Gasteiger partial charge in [-0.3, -0.25) is 0 Å². The number of rotatable bonds is 0. The van der Waals surface area contributed by atoms with E-state index in [9.17, 15) is 5.11 Å². The standard InChI is InChI=1S/C9H14NO.Fe/c1-7-9(2,11)8-3-5-10(7)6-4-8;/h1,8,11H,3-6H2,2H3;/q-1;. The van der Waals surface area contributed by atoms with E-state index in [2.05, 4.69) is 4.90 Å². The van der Waals surface area contributed by atoms with Gasteiger partial charge in [0.1, 0.15) is 0 Å². The van der Waals surface area contributed by atoms with E-state index < -0.39 is 5.60 Å². The summed E-state index contributed by atoms with van der Waals surface area (Å²) in [5.41, 5.74) is -0.0451. The summed E-state index contributed by atoms with van der Waals surface area (Å²) in [7, 11) is 0. The number of aliphatic hydroxyl groups is 1. The second-order valence-corrected chi connectivity index (χ2v) is 3.79. The van der Waals surface area contributed by atoms with Crippen molar-refractivity contribution in [3.8, 4) is 0 Å². The Morgan fingerprint density at radius 1 is 1.50 bits per heavy atom. The van der Waals surface area contributed by atoms with E-state index in [-0.39, 0.29) is 17.1 Å². The molecule has 3 rings (SSSR count). The summed E-state index contributed by atoms with van der Waals surface area (Å²) in [6.45, 7) is 9.69. The third kappa shape index (κ3) is 1.20. The van der Waals surface area contributed by atoms with Crippen LogP contribution in [0.5, 0.6) is 0 Å². The fourth-order valence-corrected chi connectivity index (χ4v) is 2.21. The fourth-order valence-electron chi connectivity index (χ4n) is 2.21. The van der Waals surface area contributed by atoms with Crippen molar-refractivity contribution in [3.05, 3.63) is 12.3 Å². The average Bonchev–Trinajstić information content (AvgIpc) is 2.01. The van der Waals surface area contributed by atoms with Crippen molar-refractivity contribution in [2.45, 2.75) is 25.4 Å². The molecule has 70 valence electrons. The largest absolute Gasteiger partial charge is 0.490 e. The molecule has 0 aliphatic carbocycles. The molecule has 2 bridgehead atoms. The summed E-state index contributed by atoms with van der Waals surface area (Å²) < 4.78 is 0. The molecular formula is C9H14FeNO-. The molecule has 1 atom stereocenters. The molecule has 0 radical (unpaired) electrons. The molecule has 1 N–H and O–H groups in total. The first kappa shape index (κ1) is 10.1. The van der Waals surface area contributed by atoms with Gasteiger partial charge in [-0.1, -0.05) is 0 Å². The predicted octanol–water partition coefficient (Wildman–Crippen LogP) is 0.777. The minimum absolute atomic E-state index is 0. The molecule has 2 nitrogen and oxygen atoms in total. The third-order valence-electron chi connectivity index (χ3n) is 3.15. The summed E-state index contributed by atoms with van der Waals surface area (Å²) in [6.07, 6.45) is 2.18. The molecule has 0 aromatic heterocycles. The molecule has 0 amide bonds. The van der Waals surface area contributed by atoms with Gasteiger partial charge in [0.25, 0.3) is 0 Å². The summed E-state index contributed by atoms with van der Waals surface area (Å²) >= 11 is 0. The maximum atomic E-state index is 9.93. The van der Waals surface area contributed by atoms with Gasteiger partial charge in [-0.2, -0.15) is 0 Å². The molecule has 0 spiro atoms. The van der Waals surface area contributed by atoms with E-state index in [4.69, 9.17) is 6.58 Å². The van der Waals surface area contributed by atoms with Crippen molar-refractivity contribution in [2.75, 3.05) is 13.1 Å². The molecule has 3 heterocycles. The van der Waals surface area contributed by atoms with Crippen molar-refractivity contribution in [3.63, 3.8) is 0 Å². The van der Waals surface area contributed by atoms with Crippen LogP contribution in [0.4, 0.5) is 0 Å². The van der Waals surface area contributed by atoms with Crippen LogP contribution >= 0.6 is 0 Å². The zero-order valence-corrected chi connectivity index (χ0v) is 8.34. The van der Waals surface area contributed by atoms with Gasteiger partial charge in [0, 0.05) is 30.2 Å². The number of hydrogen-bond donors (Lipinski definition) is 1. The van der Waals surface area contributed by atoms with Gasteiger partial charge in [0.2, 0.25) is 0 Å². The van der Waals surface area contributed by atoms with Crippen molar-refractivity contribution in [1.82, 2.24) is 4.90 Å². The Morgan fingerprint density at radius 2 is 2.00 bits per heavy atom. The maximum absolute atomic E-state index is 9.93. The molecule has 3 heteroatoms. The summed E-state index contributed by atoms with van der Waals surface area (Å²) in [6, 6.07) is 0. The van der Waals surface area contributed by atoms with E-state index >= 15 is 0 Å². The van der Waals surface area contributed by atoms with Crippen LogP contribution in [0, 0.1) is 12.5 Å². The van der Waals surface area contributed by atoms with Crippen LogP contribution < -0.4 is 0 Å². The van der Waals surface area contributed by atoms with Gasteiger partial charge < -0.3 is 16.6 Å². The first-order valence-electron chi connectivity index (χ1n) is 4.22. The number of hydrogen-bond acceptors (Lipinski definition) is 2. The molecule has 12 heavy (non-hydrogen) atoms. The molecule has 3 aliphatic rings. The Bertz CT molecular complexity index is 195. The molecule has 0 aromatic rings. The molecule has 3 aliphatic heterocycles. The second-order valence-electron chi connectivity index (χ2n) is 3.79. The Labute approximate surface area is 84.1 Å². The van der Waals surface area contributed by atoms with Crippen LogP contribution in [-0.2, 0) is 17.1 Å². The van der Waals surface area contributed by atoms with E-state index in [1.165, 1.54) is 0 Å². The van der Waals surface area contributed by atoms with Gasteiger partial charge in [0.15, 0.2) is 0 Å². The zero-order valence-electron chi connectivity index (χ0n) is 7.23. The predicted molar refractivity (Wildman–Crippen MR) is 42.7 cm³/mol. The Hall–Kier alpha value is 0.0195. The van der Waals surface area contributed by atoms with Gasteiger partial charge >= 0.3 is 0 Å². The van der Waals surface area contributed by atoms with Crippen LogP contribution in [-0.4, -0.2) is 28.7 Å². The van der Waals surface area contributed by atoms with Gasteiger partial charge in [-0.15, -0.1) is 5.70 Å². The normalized spacial score (nSPS) is 39.7. The van der Waals surface area contributed by atoms with Crippen molar-refractivity contribution in [2.24, 2.45) is 5.92 Å². The molecular weight excluding hydrogens is 194 g/mol. The van der Waals surface area contributed by atoms with E-state index in [0.29, 0.717) is 11.6 Å². The summed E-state index contributed by atoms with van der Waals surface area (Å²) in [5.74, 6) is 0.396. The first-order valence-corrected chi connectivity index (χ1v) is 4.22. The average molecular weight is 208 g/mol. The third-order valence-corrected chi connectivity index (χ3v) is 3.15. The molecule has 0 aromatic carbocycles. The first-order chi connectivity index (χ1) is 5.12. The van der Waals surface area contributed by atoms with Gasteiger partial charge in [0.05, 0.1) is 5.60 Å². The van der Waals surface area contributed by atoms with E-state index in [0.717, 1.165) is 25.9 Å². The van der Waals surface area contributed by atoms with Gasteiger partial charge in [-0.05, 0) is 25.7 Å². The number of fused-ring (bicyclic) bond motifs is 3. The summed E-state index contributed by atoms with van der Waals surface area (Å²) in [5, 5.41) is 9.93. The van der Waals surface area contributed by atoms with Crippen molar-refractivity contribution < 1.29 is 22.2 Å². The quantitative estimate of drug-likeness (QED) is 0.469. The SMILES string of the molecule is [CH-]=C1N2CCC(CC2)C1(C)O.[Fe]. The summed E-state index contributed by atoms with van der Waals surface area (Å²) in [4.78, 5) is 2.10. The topological polar surface area (TPSA) is 23.5 Å². The van der Waals surface area contributed by atoms with Gasteiger partial charge in [-0.25, -0.2) is 0 Å². The monoisotopic (exact) mass is 208 g/mol. The molecule has 3 fully saturated rings. The Morgan fingerprint density at radius 3 is 2.25 bits per heavy atom. The van der Waals surface area contributed by atoms with E-state index in [1.54, 1.807) is 0 Å². The van der Waals surface area contributed by atoms with Crippen LogP contribution in [0.25, 0.3) is 0 Å². The Kier molecular flexibility index (Phi) is 2.57.